The molecule has 2 rings (SSSR count). The third-order valence-electron chi connectivity index (χ3n) is 4.62. The van der Waals surface area contributed by atoms with Crippen LogP contribution in [0.2, 0.25) is 0 Å². The average molecular weight is 399 g/mol. The minimum Gasteiger partial charge on any atom is -0.491 e. The van der Waals surface area contributed by atoms with Crippen LogP contribution in [-0.2, 0) is 4.79 Å². The predicted octanol–water partition coefficient (Wildman–Crippen LogP) is 3.21. The lowest BCUT2D eigenvalue weighted by Crippen LogP contribution is -2.38. The molecule has 0 spiro atoms. The first-order chi connectivity index (χ1) is 13.8. The van der Waals surface area contributed by atoms with Crippen molar-refractivity contribution < 1.29 is 19.4 Å². The number of anilines is 1. The van der Waals surface area contributed by atoms with E-state index in [4.69, 9.17) is 4.74 Å². The molecule has 0 aliphatic carbocycles. The zero-order valence-electron chi connectivity index (χ0n) is 17.6. The van der Waals surface area contributed by atoms with Gasteiger partial charge in [0.05, 0.1) is 6.54 Å². The molecule has 0 aliphatic heterocycles. The van der Waals surface area contributed by atoms with Crippen LogP contribution in [0.25, 0.3) is 0 Å². The van der Waals surface area contributed by atoms with Crippen LogP contribution in [0.4, 0.5) is 5.69 Å². The van der Waals surface area contributed by atoms with Crippen molar-refractivity contribution in [3.63, 3.8) is 0 Å². The Labute approximate surface area is 172 Å². The van der Waals surface area contributed by atoms with Crippen molar-refractivity contribution in [3.8, 4) is 5.75 Å². The van der Waals surface area contributed by atoms with Crippen molar-refractivity contribution in [1.82, 2.24) is 4.90 Å². The molecule has 0 aromatic heterocycles. The molecule has 2 aromatic carbocycles. The Balaban J connectivity index is 1.77. The van der Waals surface area contributed by atoms with Gasteiger partial charge >= 0.3 is 0 Å². The smallest absolute Gasteiger partial charge is 0.238 e. The van der Waals surface area contributed by atoms with Gasteiger partial charge in [0.25, 0.3) is 0 Å². The molecule has 0 bridgehead atoms. The highest BCUT2D eigenvalue weighted by Gasteiger charge is 2.14. The molecule has 1 amide bonds. The molecule has 0 saturated heterocycles. The number of rotatable bonds is 10. The third-order valence-corrected chi connectivity index (χ3v) is 4.62. The van der Waals surface area contributed by atoms with Crippen LogP contribution >= 0.6 is 0 Å². The molecule has 6 heteroatoms. The molecule has 0 aliphatic rings. The van der Waals surface area contributed by atoms with Gasteiger partial charge in [-0.25, -0.2) is 0 Å². The molecular formula is C23H30N2O4. The fourth-order valence-corrected chi connectivity index (χ4v) is 3.05. The Morgan fingerprint density at radius 1 is 1.10 bits per heavy atom. The number of likely N-dealkylation sites (N-methyl/N-ethyl adjacent to an activating group) is 1. The summed E-state index contributed by atoms with van der Waals surface area (Å²) in [6, 6.07) is 12.7. The van der Waals surface area contributed by atoms with Gasteiger partial charge in [0.2, 0.25) is 5.91 Å². The number of para-hydroxylation sites is 1. The summed E-state index contributed by atoms with van der Waals surface area (Å²) in [5.74, 6) is 0.540. The number of ketones is 1. The number of Topliss-reactive ketones (excluding diaryl/α,β-unsaturated/α-hetero) is 1. The summed E-state index contributed by atoms with van der Waals surface area (Å²) < 4.78 is 5.58. The highest BCUT2D eigenvalue weighted by atomic mass is 16.5. The second kappa shape index (κ2) is 10.7. The van der Waals surface area contributed by atoms with Gasteiger partial charge in [-0.3, -0.25) is 14.5 Å². The van der Waals surface area contributed by atoms with Crippen LogP contribution < -0.4 is 10.1 Å². The predicted molar refractivity (Wildman–Crippen MR) is 115 cm³/mol. The highest BCUT2D eigenvalue weighted by molar-refractivity contribution is 5.96. The maximum atomic E-state index is 12.3. The molecule has 6 nitrogen and oxygen atoms in total. The van der Waals surface area contributed by atoms with Gasteiger partial charge in [-0.15, -0.1) is 0 Å². The lowest BCUT2D eigenvalue weighted by Gasteiger charge is -2.21. The quantitative estimate of drug-likeness (QED) is 0.601. The third kappa shape index (κ3) is 7.00. The van der Waals surface area contributed by atoms with Crippen molar-refractivity contribution >= 4 is 17.4 Å². The molecule has 156 valence electrons. The maximum Gasteiger partial charge on any atom is 0.238 e. The Hall–Kier alpha value is -2.70. The zero-order valence-corrected chi connectivity index (χ0v) is 17.6. The summed E-state index contributed by atoms with van der Waals surface area (Å²) in [7, 11) is 1.78. The van der Waals surface area contributed by atoms with Crippen molar-refractivity contribution in [2.75, 3.05) is 32.1 Å². The molecule has 0 fully saturated rings. The second-order valence-corrected chi connectivity index (χ2v) is 7.28. The topological polar surface area (TPSA) is 78.9 Å². The summed E-state index contributed by atoms with van der Waals surface area (Å²) in [5.41, 5.74) is 3.51. The molecule has 2 N–H and O–H groups in total. The highest BCUT2D eigenvalue weighted by Crippen LogP contribution is 2.19. The van der Waals surface area contributed by atoms with Crippen LogP contribution in [0.5, 0.6) is 5.75 Å². The first-order valence-corrected chi connectivity index (χ1v) is 9.79. The lowest BCUT2D eigenvalue weighted by molar-refractivity contribution is -0.117. The molecule has 0 heterocycles. The van der Waals surface area contributed by atoms with E-state index >= 15 is 0 Å². The lowest BCUT2D eigenvalue weighted by atomic mass is 10.1. The van der Waals surface area contributed by atoms with Crippen molar-refractivity contribution in [3.05, 3.63) is 59.2 Å². The van der Waals surface area contributed by atoms with Crippen LogP contribution in [0.15, 0.2) is 42.5 Å². The first-order valence-electron chi connectivity index (χ1n) is 9.79. The summed E-state index contributed by atoms with van der Waals surface area (Å²) in [6.45, 7) is 6.30. The van der Waals surface area contributed by atoms with Crippen molar-refractivity contribution in [1.29, 1.82) is 0 Å². The number of aliphatic hydroxyl groups is 1. The van der Waals surface area contributed by atoms with Gasteiger partial charge < -0.3 is 15.2 Å². The van der Waals surface area contributed by atoms with Crippen LogP contribution in [0, 0.1) is 13.8 Å². The van der Waals surface area contributed by atoms with Crippen LogP contribution in [0.1, 0.15) is 34.8 Å². The molecule has 1 unspecified atom stereocenters. The minimum atomic E-state index is -0.745. The molecule has 29 heavy (non-hydrogen) atoms. The number of carbonyl (C=O) groups excluding carboxylic acids is 2. The number of benzene rings is 2. The van der Waals surface area contributed by atoms with Gasteiger partial charge in [-0.05, 0) is 56.3 Å². The van der Waals surface area contributed by atoms with E-state index in [1.165, 1.54) is 0 Å². The Morgan fingerprint density at radius 3 is 2.31 bits per heavy atom. The molecular weight excluding hydrogens is 368 g/mol. The van der Waals surface area contributed by atoms with E-state index in [-0.39, 0.29) is 24.8 Å². The van der Waals surface area contributed by atoms with Gasteiger partial charge in [0.1, 0.15) is 18.5 Å². The number of nitrogens with zero attached hydrogens (tertiary/aromatic N) is 1. The normalized spacial score (nSPS) is 11.9. The number of aliphatic hydroxyl groups excluding tert-OH is 1. The SMILES string of the molecule is CCC(=O)c1ccc(OCC(O)CN(C)CC(=O)Nc2c(C)cccc2C)cc1. The number of carbonyl (C=O) groups is 2. The monoisotopic (exact) mass is 398 g/mol. The minimum absolute atomic E-state index is 0.0809. The van der Waals surface area contributed by atoms with Gasteiger partial charge in [0, 0.05) is 24.2 Å². The van der Waals surface area contributed by atoms with E-state index in [1.54, 1.807) is 36.2 Å². The van der Waals surface area contributed by atoms with E-state index < -0.39 is 6.10 Å². The summed E-state index contributed by atoms with van der Waals surface area (Å²) in [6.07, 6.45) is -0.285. The van der Waals surface area contributed by atoms with Gasteiger partial charge in [0.15, 0.2) is 5.78 Å². The van der Waals surface area contributed by atoms with Crippen LogP contribution in [-0.4, -0.2) is 54.5 Å². The second-order valence-electron chi connectivity index (χ2n) is 7.28. The van der Waals surface area contributed by atoms with Gasteiger partial charge in [-0.1, -0.05) is 25.1 Å². The number of hydrogen-bond donors (Lipinski definition) is 2. The number of amides is 1. The van der Waals surface area contributed by atoms with Crippen molar-refractivity contribution in [2.45, 2.75) is 33.3 Å². The maximum absolute atomic E-state index is 12.3. The van der Waals surface area contributed by atoms with E-state index in [1.807, 2.05) is 39.0 Å². The Bertz CT molecular complexity index is 813. The fraction of sp³-hybridized carbons (Fsp3) is 0.391. The number of hydrogen-bond acceptors (Lipinski definition) is 5. The molecule has 2 aromatic rings. The molecule has 0 saturated carbocycles. The number of nitrogens with one attached hydrogen (secondary N) is 1. The Kier molecular flexibility index (Phi) is 8.36. The summed E-state index contributed by atoms with van der Waals surface area (Å²) in [4.78, 5) is 25.7. The molecule has 1 atom stereocenters. The molecule has 0 radical (unpaired) electrons. The largest absolute Gasteiger partial charge is 0.491 e. The van der Waals surface area contributed by atoms with Crippen LogP contribution in [0.3, 0.4) is 0 Å². The zero-order chi connectivity index (χ0) is 21.4. The summed E-state index contributed by atoms with van der Waals surface area (Å²) >= 11 is 0. The fourth-order valence-electron chi connectivity index (χ4n) is 3.05. The first kappa shape index (κ1) is 22.6. The van der Waals surface area contributed by atoms with E-state index in [9.17, 15) is 14.7 Å². The summed E-state index contributed by atoms with van der Waals surface area (Å²) in [5, 5.41) is 13.1. The van der Waals surface area contributed by atoms with E-state index in [2.05, 4.69) is 5.32 Å². The Morgan fingerprint density at radius 2 is 1.72 bits per heavy atom. The van der Waals surface area contributed by atoms with Gasteiger partial charge in [-0.2, -0.15) is 0 Å². The van der Waals surface area contributed by atoms with E-state index in [0.717, 1.165) is 16.8 Å². The number of ether oxygens (including phenoxy) is 1. The van der Waals surface area contributed by atoms with Crippen molar-refractivity contribution in [2.24, 2.45) is 0 Å². The standard InChI is InChI=1S/C23H30N2O4/c1-5-21(27)18-9-11-20(12-10-18)29-15-19(26)13-25(4)14-22(28)24-23-16(2)7-6-8-17(23)3/h6-12,19,26H,5,13-15H2,1-4H3,(H,24,28). The van der Waals surface area contributed by atoms with E-state index in [0.29, 0.717) is 24.3 Å². The number of aryl methyl sites for hydroxylation is 2. The average Bonchev–Trinajstić information content (AvgIpc) is 2.69.